The Hall–Kier alpha value is -3.49. The van der Waals surface area contributed by atoms with E-state index in [1.54, 1.807) is 18.2 Å². The van der Waals surface area contributed by atoms with Crippen LogP contribution in [0.5, 0.6) is 0 Å². The molecule has 0 saturated carbocycles. The van der Waals surface area contributed by atoms with Crippen molar-refractivity contribution in [3.8, 4) is 0 Å². The average molecular weight is 472 g/mol. The molecule has 0 saturated heterocycles. The summed E-state index contributed by atoms with van der Waals surface area (Å²) >= 11 is 7.36. The van der Waals surface area contributed by atoms with E-state index in [2.05, 4.69) is 0 Å². The van der Waals surface area contributed by atoms with Crippen LogP contribution in [0.4, 0.5) is 10.1 Å². The second-order valence-electron chi connectivity index (χ2n) is 6.57. The molecule has 0 atom stereocenters. The van der Waals surface area contributed by atoms with Crippen LogP contribution in [0.2, 0.25) is 5.02 Å². The number of carboxylic acids is 1. The van der Waals surface area contributed by atoms with Crippen molar-refractivity contribution in [1.29, 1.82) is 0 Å². The molecule has 3 rings (SSSR count). The molecule has 0 fully saturated rings. The minimum absolute atomic E-state index is 0.0324. The summed E-state index contributed by atoms with van der Waals surface area (Å²) in [5.41, 5.74) is 0.626. The summed E-state index contributed by atoms with van der Waals surface area (Å²) in [6.07, 6.45) is 1.43. The summed E-state index contributed by atoms with van der Waals surface area (Å²) in [7, 11) is 0. The van der Waals surface area contributed by atoms with Crippen LogP contribution in [-0.4, -0.2) is 21.8 Å². The Morgan fingerprint density at radius 3 is 2.34 bits per heavy atom. The molecule has 0 aliphatic rings. The van der Waals surface area contributed by atoms with Gasteiger partial charge in [0.1, 0.15) is 0 Å². The molecule has 0 heterocycles. The van der Waals surface area contributed by atoms with E-state index in [-0.39, 0.29) is 21.6 Å². The lowest BCUT2D eigenvalue weighted by atomic mass is 10.1. The van der Waals surface area contributed by atoms with Crippen LogP contribution in [0.3, 0.4) is 0 Å². The van der Waals surface area contributed by atoms with Gasteiger partial charge in [0.05, 0.1) is 15.4 Å². The van der Waals surface area contributed by atoms with Gasteiger partial charge in [0.15, 0.2) is 5.78 Å². The molecule has 0 amide bonds. The van der Waals surface area contributed by atoms with Crippen molar-refractivity contribution in [3.05, 3.63) is 115 Å². The third-order valence-electron chi connectivity index (χ3n) is 4.42. The van der Waals surface area contributed by atoms with Gasteiger partial charge in [0.2, 0.25) is 5.82 Å². The SMILES string of the molecule is O=C(O)c1ccc(C(=O)C(=Cc2ccc(F)c([N+](=O)[O-])c2)SCc2ccccc2Cl)cc1. The molecule has 32 heavy (non-hydrogen) atoms. The third kappa shape index (κ3) is 5.60. The molecule has 0 aliphatic carbocycles. The van der Waals surface area contributed by atoms with Crippen LogP contribution < -0.4 is 0 Å². The number of nitrogens with zero attached hydrogens (tertiary/aromatic N) is 1. The minimum Gasteiger partial charge on any atom is -0.478 e. The van der Waals surface area contributed by atoms with Crippen LogP contribution in [0, 0.1) is 15.9 Å². The number of aromatic carboxylic acids is 1. The highest BCUT2D eigenvalue weighted by Crippen LogP contribution is 2.31. The van der Waals surface area contributed by atoms with Crippen LogP contribution in [0.15, 0.2) is 71.6 Å². The third-order valence-corrected chi connectivity index (χ3v) is 5.86. The van der Waals surface area contributed by atoms with Gasteiger partial charge in [-0.05, 0) is 41.5 Å². The van der Waals surface area contributed by atoms with Crippen molar-refractivity contribution < 1.29 is 24.0 Å². The van der Waals surface area contributed by atoms with Crippen molar-refractivity contribution >= 4 is 46.9 Å². The number of carbonyl (C=O) groups excluding carboxylic acids is 1. The Bertz CT molecular complexity index is 1230. The first-order valence-corrected chi connectivity index (χ1v) is 10.5. The highest BCUT2D eigenvalue weighted by atomic mass is 35.5. The Morgan fingerprint density at radius 1 is 1.06 bits per heavy atom. The van der Waals surface area contributed by atoms with Gasteiger partial charge in [0, 0.05) is 22.4 Å². The Labute approximate surface area is 191 Å². The highest BCUT2D eigenvalue weighted by molar-refractivity contribution is 8.03. The van der Waals surface area contributed by atoms with Crippen LogP contribution in [0.25, 0.3) is 6.08 Å². The van der Waals surface area contributed by atoms with Gasteiger partial charge in [-0.25, -0.2) is 4.79 Å². The molecule has 3 aromatic rings. The fourth-order valence-corrected chi connectivity index (χ4v) is 4.07. The number of hydrogen-bond acceptors (Lipinski definition) is 5. The van der Waals surface area contributed by atoms with E-state index in [0.29, 0.717) is 10.8 Å². The van der Waals surface area contributed by atoms with Gasteiger partial charge < -0.3 is 5.11 Å². The smallest absolute Gasteiger partial charge is 0.335 e. The maximum absolute atomic E-state index is 13.7. The number of Topliss-reactive ketones (excluding diaryl/α,β-unsaturated/α-hetero) is 1. The molecule has 0 aromatic heterocycles. The maximum atomic E-state index is 13.7. The van der Waals surface area contributed by atoms with E-state index >= 15 is 0 Å². The van der Waals surface area contributed by atoms with Crippen LogP contribution in [0.1, 0.15) is 31.8 Å². The summed E-state index contributed by atoms with van der Waals surface area (Å²) in [6, 6.07) is 15.9. The number of nitro groups is 1. The lowest BCUT2D eigenvalue weighted by molar-refractivity contribution is -0.387. The molecule has 0 spiro atoms. The molecule has 0 aliphatic heterocycles. The van der Waals surface area contributed by atoms with Crippen LogP contribution >= 0.6 is 23.4 Å². The number of allylic oxidation sites excluding steroid dienone is 1. The molecular weight excluding hydrogens is 457 g/mol. The number of nitro benzene ring substituents is 1. The second-order valence-corrected chi connectivity index (χ2v) is 7.99. The lowest BCUT2D eigenvalue weighted by Crippen LogP contribution is -2.03. The van der Waals surface area contributed by atoms with Crippen molar-refractivity contribution in [3.63, 3.8) is 0 Å². The fourth-order valence-electron chi connectivity index (χ4n) is 2.76. The minimum atomic E-state index is -1.12. The Morgan fingerprint density at radius 2 is 1.72 bits per heavy atom. The molecule has 0 radical (unpaired) electrons. The first-order chi connectivity index (χ1) is 15.3. The number of ketones is 1. The molecule has 0 bridgehead atoms. The largest absolute Gasteiger partial charge is 0.478 e. The molecule has 0 unspecified atom stereocenters. The van der Waals surface area contributed by atoms with Gasteiger partial charge in [-0.2, -0.15) is 4.39 Å². The van der Waals surface area contributed by atoms with Gasteiger partial charge in [-0.15, -0.1) is 11.8 Å². The number of carbonyl (C=O) groups is 2. The first kappa shape index (κ1) is 23.2. The van der Waals surface area contributed by atoms with Crippen molar-refractivity contribution in [2.45, 2.75) is 5.75 Å². The van der Waals surface area contributed by atoms with Gasteiger partial charge >= 0.3 is 11.7 Å². The molecule has 6 nitrogen and oxygen atoms in total. The maximum Gasteiger partial charge on any atom is 0.335 e. The molecule has 9 heteroatoms. The topological polar surface area (TPSA) is 97.5 Å². The summed E-state index contributed by atoms with van der Waals surface area (Å²) in [5.74, 6) is -2.17. The van der Waals surface area contributed by atoms with Crippen molar-refractivity contribution in [1.82, 2.24) is 0 Å². The number of benzene rings is 3. The zero-order valence-corrected chi connectivity index (χ0v) is 17.9. The molecular formula is C23H15ClFNO5S. The van der Waals surface area contributed by atoms with E-state index in [1.165, 1.54) is 36.4 Å². The zero-order valence-electron chi connectivity index (χ0n) is 16.3. The normalized spacial score (nSPS) is 11.2. The Balaban J connectivity index is 1.98. The number of thioether (sulfide) groups is 1. The second kappa shape index (κ2) is 10.2. The van der Waals surface area contributed by atoms with Gasteiger partial charge in [0.25, 0.3) is 0 Å². The van der Waals surface area contributed by atoms with E-state index in [4.69, 9.17) is 16.7 Å². The fraction of sp³-hybridized carbons (Fsp3) is 0.0435. The summed E-state index contributed by atoms with van der Waals surface area (Å²) in [6.45, 7) is 0. The predicted molar refractivity (Wildman–Crippen MR) is 122 cm³/mol. The molecule has 3 aromatic carbocycles. The van der Waals surface area contributed by atoms with E-state index in [1.807, 2.05) is 6.07 Å². The lowest BCUT2D eigenvalue weighted by Gasteiger charge is -2.09. The van der Waals surface area contributed by atoms with E-state index < -0.39 is 28.2 Å². The highest BCUT2D eigenvalue weighted by Gasteiger charge is 2.18. The van der Waals surface area contributed by atoms with Crippen molar-refractivity contribution in [2.24, 2.45) is 0 Å². The monoisotopic (exact) mass is 471 g/mol. The quantitative estimate of drug-likeness (QED) is 0.181. The van der Waals surface area contributed by atoms with E-state index in [9.17, 15) is 24.1 Å². The van der Waals surface area contributed by atoms with Gasteiger partial charge in [-0.1, -0.05) is 48.0 Å². The van der Waals surface area contributed by atoms with Gasteiger partial charge in [-0.3, -0.25) is 14.9 Å². The number of carboxylic acid groups (broad SMARTS) is 1. The number of halogens is 2. The number of hydrogen-bond donors (Lipinski definition) is 1. The predicted octanol–water partition coefficient (Wildman–Crippen LogP) is 6.24. The average Bonchev–Trinajstić information content (AvgIpc) is 2.78. The molecule has 162 valence electrons. The summed E-state index contributed by atoms with van der Waals surface area (Å²) in [4.78, 5) is 34.7. The zero-order chi connectivity index (χ0) is 23.3. The summed E-state index contributed by atoms with van der Waals surface area (Å²) in [5, 5.41) is 20.6. The number of rotatable bonds is 8. The standard InChI is InChI=1S/C23H15ClFNO5S/c24-18-4-2-1-3-17(18)13-32-21(12-14-5-10-19(25)20(11-14)26(30)31)22(27)15-6-8-16(9-7-15)23(28)29/h1-12H,13H2,(H,28,29). The van der Waals surface area contributed by atoms with Crippen molar-refractivity contribution in [2.75, 3.05) is 0 Å². The Kier molecular flexibility index (Phi) is 7.40. The first-order valence-electron chi connectivity index (χ1n) is 9.16. The summed E-state index contributed by atoms with van der Waals surface area (Å²) < 4.78 is 13.7. The van der Waals surface area contributed by atoms with Crippen LogP contribution in [-0.2, 0) is 5.75 Å². The van der Waals surface area contributed by atoms with E-state index in [0.717, 1.165) is 29.5 Å². The molecule has 1 N–H and O–H groups in total.